The number of aromatic nitrogens is 3. The highest BCUT2D eigenvalue weighted by Crippen LogP contribution is 2.09. The molecule has 0 bridgehead atoms. The molecule has 2 aromatic rings. The predicted octanol–water partition coefficient (Wildman–Crippen LogP) is 0.606. The minimum atomic E-state index is -0.496. The lowest BCUT2D eigenvalue weighted by atomic mass is 10.2. The summed E-state index contributed by atoms with van der Waals surface area (Å²) in [5.41, 5.74) is 6.48. The fourth-order valence-corrected chi connectivity index (χ4v) is 1.01. The van der Waals surface area contributed by atoms with Gasteiger partial charge in [0, 0.05) is 5.69 Å². The standard InChI is InChI=1S/C9H8N4O2/c10-7-3-1-6(2-4-7)9(14)15-8-5-11-13-12-8/h1-5H,10H2,(H,11,12,13). The molecular formula is C9H8N4O2. The van der Waals surface area contributed by atoms with Crippen LogP contribution in [0.1, 0.15) is 10.4 Å². The third-order valence-electron chi connectivity index (χ3n) is 1.74. The first-order valence-electron chi connectivity index (χ1n) is 4.19. The molecule has 1 aromatic heterocycles. The molecule has 3 N–H and O–H groups in total. The van der Waals surface area contributed by atoms with Gasteiger partial charge in [0.1, 0.15) is 6.20 Å². The first kappa shape index (κ1) is 9.20. The van der Waals surface area contributed by atoms with Crippen molar-refractivity contribution < 1.29 is 9.53 Å². The molecule has 0 aliphatic heterocycles. The summed E-state index contributed by atoms with van der Waals surface area (Å²) in [4.78, 5) is 11.5. The molecule has 1 heterocycles. The second-order valence-corrected chi connectivity index (χ2v) is 2.82. The van der Waals surface area contributed by atoms with Crippen LogP contribution in [0.5, 0.6) is 5.88 Å². The van der Waals surface area contributed by atoms with Gasteiger partial charge in [0.05, 0.1) is 5.56 Å². The van der Waals surface area contributed by atoms with Crippen LogP contribution in [0.3, 0.4) is 0 Å². The monoisotopic (exact) mass is 204 g/mol. The van der Waals surface area contributed by atoms with Crippen LogP contribution in [0.4, 0.5) is 5.69 Å². The van der Waals surface area contributed by atoms with Crippen molar-refractivity contribution in [1.29, 1.82) is 0 Å². The van der Waals surface area contributed by atoms with Crippen molar-refractivity contribution in [3.05, 3.63) is 36.0 Å². The second kappa shape index (κ2) is 3.79. The van der Waals surface area contributed by atoms with E-state index in [-0.39, 0.29) is 5.88 Å². The average Bonchev–Trinajstić information content (AvgIpc) is 2.71. The van der Waals surface area contributed by atoms with Gasteiger partial charge < -0.3 is 10.5 Å². The number of ether oxygens (including phenoxy) is 1. The fraction of sp³-hybridized carbons (Fsp3) is 0. The number of aromatic amines is 1. The van der Waals surface area contributed by atoms with E-state index >= 15 is 0 Å². The number of H-pyrrole nitrogens is 1. The van der Waals surface area contributed by atoms with Crippen molar-refractivity contribution in [2.45, 2.75) is 0 Å². The van der Waals surface area contributed by atoms with Gasteiger partial charge in [0.25, 0.3) is 5.88 Å². The number of carbonyl (C=O) groups excluding carboxylic acids is 1. The number of nitrogen functional groups attached to an aromatic ring is 1. The molecule has 0 saturated carbocycles. The SMILES string of the molecule is Nc1ccc(C(=O)Oc2cn[nH]n2)cc1. The summed E-state index contributed by atoms with van der Waals surface area (Å²) in [5.74, 6) is -0.360. The van der Waals surface area contributed by atoms with Crippen molar-refractivity contribution in [3.63, 3.8) is 0 Å². The van der Waals surface area contributed by atoms with Crippen LogP contribution in [-0.4, -0.2) is 21.4 Å². The Hall–Kier alpha value is -2.37. The first-order valence-corrected chi connectivity index (χ1v) is 4.19. The number of esters is 1. The van der Waals surface area contributed by atoms with Crippen molar-refractivity contribution in [2.75, 3.05) is 5.73 Å². The van der Waals surface area contributed by atoms with Gasteiger partial charge in [-0.1, -0.05) is 0 Å². The van der Waals surface area contributed by atoms with E-state index in [9.17, 15) is 4.79 Å². The molecule has 0 atom stereocenters. The Bertz CT molecular complexity index is 449. The lowest BCUT2D eigenvalue weighted by Crippen LogP contribution is -2.08. The van der Waals surface area contributed by atoms with Crippen LogP contribution in [-0.2, 0) is 0 Å². The Kier molecular flexibility index (Phi) is 2.32. The molecule has 1 aromatic carbocycles. The summed E-state index contributed by atoms with van der Waals surface area (Å²) in [6, 6.07) is 6.41. The molecule has 0 spiro atoms. The van der Waals surface area contributed by atoms with E-state index in [0.717, 1.165) is 0 Å². The third kappa shape index (κ3) is 2.11. The van der Waals surface area contributed by atoms with Gasteiger partial charge in [-0.2, -0.15) is 10.3 Å². The van der Waals surface area contributed by atoms with Crippen molar-refractivity contribution >= 4 is 11.7 Å². The smallest absolute Gasteiger partial charge is 0.344 e. The average molecular weight is 204 g/mol. The predicted molar refractivity (Wildman–Crippen MR) is 52.2 cm³/mol. The maximum absolute atomic E-state index is 11.5. The van der Waals surface area contributed by atoms with Gasteiger partial charge in [0.2, 0.25) is 0 Å². The summed E-state index contributed by atoms with van der Waals surface area (Å²) in [5, 5.41) is 9.44. The van der Waals surface area contributed by atoms with Crippen LogP contribution >= 0.6 is 0 Å². The summed E-state index contributed by atoms with van der Waals surface area (Å²) in [6.07, 6.45) is 1.31. The molecule has 6 heteroatoms. The minimum Gasteiger partial charge on any atom is -0.400 e. The van der Waals surface area contributed by atoms with E-state index in [0.29, 0.717) is 11.3 Å². The molecule has 15 heavy (non-hydrogen) atoms. The number of nitrogens with one attached hydrogen (secondary N) is 1. The molecule has 2 rings (SSSR count). The largest absolute Gasteiger partial charge is 0.400 e. The highest BCUT2D eigenvalue weighted by Gasteiger charge is 2.09. The molecular weight excluding hydrogens is 196 g/mol. The van der Waals surface area contributed by atoms with Gasteiger partial charge in [-0.25, -0.2) is 4.79 Å². The number of hydrogen-bond acceptors (Lipinski definition) is 5. The van der Waals surface area contributed by atoms with Crippen LogP contribution in [0, 0.1) is 0 Å². The van der Waals surface area contributed by atoms with Crippen LogP contribution in [0.15, 0.2) is 30.5 Å². The minimum absolute atomic E-state index is 0.136. The van der Waals surface area contributed by atoms with E-state index in [1.54, 1.807) is 24.3 Å². The number of rotatable bonds is 2. The Balaban J connectivity index is 2.11. The van der Waals surface area contributed by atoms with E-state index in [1.165, 1.54) is 6.20 Å². The molecule has 76 valence electrons. The summed E-state index contributed by atoms with van der Waals surface area (Å²) in [6.45, 7) is 0. The number of carbonyl (C=O) groups is 1. The summed E-state index contributed by atoms with van der Waals surface area (Å²) in [7, 11) is 0. The Morgan fingerprint density at radius 3 is 2.67 bits per heavy atom. The lowest BCUT2D eigenvalue weighted by Gasteiger charge is -2.00. The van der Waals surface area contributed by atoms with Crippen LogP contribution in [0.25, 0.3) is 0 Å². The Morgan fingerprint density at radius 1 is 1.33 bits per heavy atom. The highest BCUT2D eigenvalue weighted by atomic mass is 16.5. The Morgan fingerprint density at radius 2 is 2.07 bits per heavy atom. The molecule has 0 aliphatic rings. The molecule has 0 amide bonds. The van der Waals surface area contributed by atoms with Gasteiger partial charge >= 0.3 is 5.97 Å². The van der Waals surface area contributed by atoms with Crippen molar-refractivity contribution in [3.8, 4) is 5.88 Å². The van der Waals surface area contributed by atoms with E-state index < -0.39 is 5.97 Å². The van der Waals surface area contributed by atoms with Crippen molar-refractivity contribution in [1.82, 2.24) is 15.4 Å². The maximum atomic E-state index is 11.5. The second-order valence-electron chi connectivity index (χ2n) is 2.82. The maximum Gasteiger partial charge on any atom is 0.344 e. The molecule has 0 radical (unpaired) electrons. The number of anilines is 1. The van der Waals surface area contributed by atoms with Crippen LogP contribution < -0.4 is 10.5 Å². The number of nitrogens with two attached hydrogens (primary N) is 1. The third-order valence-corrected chi connectivity index (χ3v) is 1.74. The van der Waals surface area contributed by atoms with E-state index in [1.807, 2.05) is 0 Å². The normalized spacial score (nSPS) is 9.87. The first-order chi connectivity index (χ1) is 7.25. The molecule has 0 fully saturated rings. The van der Waals surface area contributed by atoms with Crippen LogP contribution in [0.2, 0.25) is 0 Å². The number of nitrogens with zero attached hydrogens (tertiary/aromatic N) is 2. The Labute approximate surface area is 85.1 Å². The highest BCUT2D eigenvalue weighted by molar-refractivity contribution is 5.91. The quantitative estimate of drug-likeness (QED) is 0.552. The molecule has 0 aliphatic carbocycles. The molecule has 6 nitrogen and oxygen atoms in total. The van der Waals surface area contributed by atoms with Gasteiger partial charge in [-0.3, -0.25) is 0 Å². The van der Waals surface area contributed by atoms with Gasteiger partial charge in [-0.15, -0.1) is 5.10 Å². The topological polar surface area (TPSA) is 93.9 Å². The number of benzene rings is 1. The zero-order valence-corrected chi connectivity index (χ0v) is 7.68. The molecule has 0 saturated heterocycles. The van der Waals surface area contributed by atoms with Gasteiger partial charge in [-0.05, 0) is 24.3 Å². The van der Waals surface area contributed by atoms with Gasteiger partial charge in [0.15, 0.2) is 0 Å². The van der Waals surface area contributed by atoms with E-state index in [4.69, 9.17) is 10.5 Å². The summed E-state index contributed by atoms with van der Waals surface area (Å²) >= 11 is 0. The summed E-state index contributed by atoms with van der Waals surface area (Å²) < 4.78 is 4.90. The fourth-order valence-electron chi connectivity index (χ4n) is 1.01. The zero-order valence-electron chi connectivity index (χ0n) is 7.68. The lowest BCUT2D eigenvalue weighted by molar-refractivity contribution is 0.0727. The van der Waals surface area contributed by atoms with E-state index in [2.05, 4.69) is 15.4 Å². The van der Waals surface area contributed by atoms with Crippen molar-refractivity contribution in [2.24, 2.45) is 0 Å². The molecule has 0 unspecified atom stereocenters. The number of hydrogen-bond donors (Lipinski definition) is 2. The zero-order chi connectivity index (χ0) is 10.7.